The summed E-state index contributed by atoms with van der Waals surface area (Å²) >= 11 is 8.37. The highest BCUT2D eigenvalue weighted by atomic mass is 79.9. The van der Waals surface area contributed by atoms with E-state index in [1.54, 1.807) is 24.5 Å². The monoisotopic (exact) mass is 353 g/mol. The van der Waals surface area contributed by atoms with E-state index in [1.165, 1.54) is 6.21 Å². The molecule has 0 spiro atoms. The molecular formula is C13H12BrN3O2S. The summed E-state index contributed by atoms with van der Waals surface area (Å²) in [5.41, 5.74) is 3.25. The second-order valence-electron chi connectivity index (χ2n) is 3.84. The number of aromatic hydroxyl groups is 1. The van der Waals surface area contributed by atoms with Crippen LogP contribution in [0.2, 0.25) is 0 Å². The lowest BCUT2D eigenvalue weighted by atomic mass is 10.2. The number of halogens is 1. The van der Waals surface area contributed by atoms with Gasteiger partial charge in [0.15, 0.2) is 5.11 Å². The summed E-state index contributed by atoms with van der Waals surface area (Å²) in [5, 5.41) is 16.9. The van der Waals surface area contributed by atoms with Crippen molar-refractivity contribution in [3.63, 3.8) is 0 Å². The molecule has 3 N–H and O–H groups in total. The molecule has 5 nitrogen and oxygen atoms in total. The number of hydrogen-bond acceptors (Lipinski definition) is 4. The van der Waals surface area contributed by atoms with Crippen molar-refractivity contribution in [1.29, 1.82) is 0 Å². The van der Waals surface area contributed by atoms with Crippen LogP contribution in [0.3, 0.4) is 0 Å². The second-order valence-corrected chi connectivity index (χ2v) is 5.16. The zero-order valence-corrected chi connectivity index (χ0v) is 12.7. The quantitative estimate of drug-likeness (QED) is 0.448. The van der Waals surface area contributed by atoms with Crippen molar-refractivity contribution in [2.45, 2.75) is 6.54 Å². The van der Waals surface area contributed by atoms with Gasteiger partial charge in [-0.3, -0.25) is 5.43 Å². The normalized spacial score (nSPS) is 10.7. The molecule has 1 aromatic heterocycles. The number of benzene rings is 1. The number of thiocarbonyl (C=S) groups is 1. The minimum atomic E-state index is 0.146. The summed E-state index contributed by atoms with van der Waals surface area (Å²) in [6.07, 6.45) is 3.09. The molecule has 0 unspecified atom stereocenters. The van der Waals surface area contributed by atoms with Gasteiger partial charge in [-0.05, 0) is 42.5 Å². The van der Waals surface area contributed by atoms with Gasteiger partial charge in [0.2, 0.25) is 0 Å². The highest BCUT2D eigenvalue weighted by Crippen LogP contribution is 2.19. The fourth-order valence-corrected chi connectivity index (χ4v) is 1.91. The Hall–Kier alpha value is -1.86. The fraction of sp³-hybridized carbons (Fsp3) is 0.0769. The van der Waals surface area contributed by atoms with Crippen LogP contribution in [0.5, 0.6) is 5.75 Å². The SMILES string of the molecule is Oc1ccc(Br)cc1/C=N/NC(=S)NCc1ccco1. The first-order valence-corrected chi connectivity index (χ1v) is 6.93. The lowest BCUT2D eigenvalue weighted by Gasteiger charge is -2.05. The molecule has 0 amide bonds. The summed E-state index contributed by atoms with van der Waals surface area (Å²) in [6.45, 7) is 0.483. The van der Waals surface area contributed by atoms with Crippen molar-refractivity contribution < 1.29 is 9.52 Å². The highest BCUT2D eigenvalue weighted by molar-refractivity contribution is 9.10. The van der Waals surface area contributed by atoms with E-state index in [1.807, 2.05) is 12.1 Å². The summed E-state index contributed by atoms with van der Waals surface area (Å²) in [5.74, 6) is 0.927. The van der Waals surface area contributed by atoms with Crippen molar-refractivity contribution >= 4 is 39.5 Å². The van der Waals surface area contributed by atoms with Crippen LogP contribution in [-0.4, -0.2) is 16.4 Å². The second kappa shape index (κ2) is 7.06. The van der Waals surface area contributed by atoms with Gasteiger partial charge in [0, 0.05) is 10.0 Å². The largest absolute Gasteiger partial charge is 0.507 e. The van der Waals surface area contributed by atoms with Gasteiger partial charge in [-0.2, -0.15) is 5.10 Å². The Morgan fingerprint density at radius 1 is 1.45 bits per heavy atom. The van der Waals surface area contributed by atoms with Gasteiger partial charge in [-0.1, -0.05) is 15.9 Å². The Balaban J connectivity index is 1.83. The van der Waals surface area contributed by atoms with E-state index >= 15 is 0 Å². The van der Waals surface area contributed by atoms with Crippen LogP contribution in [0.25, 0.3) is 0 Å². The van der Waals surface area contributed by atoms with E-state index < -0.39 is 0 Å². The maximum Gasteiger partial charge on any atom is 0.187 e. The average molecular weight is 354 g/mol. The van der Waals surface area contributed by atoms with Crippen LogP contribution < -0.4 is 10.7 Å². The minimum Gasteiger partial charge on any atom is -0.507 e. The van der Waals surface area contributed by atoms with Gasteiger partial charge in [-0.25, -0.2) is 0 Å². The van der Waals surface area contributed by atoms with Gasteiger partial charge in [-0.15, -0.1) is 0 Å². The van der Waals surface area contributed by atoms with Crippen molar-refractivity contribution in [3.8, 4) is 5.75 Å². The smallest absolute Gasteiger partial charge is 0.187 e. The Morgan fingerprint density at radius 3 is 3.05 bits per heavy atom. The molecule has 2 rings (SSSR count). The number of hydrogen-bond donors (Lipinski definition) is 3. The number of hydrazone groups is 1. The summed E-state index contributed by atoms with van der Waals surface area (Å²) in [4.78, 5) is 0. The van der Waals surface area contributed by atoms with Gasteiger partial charge < -0.3 is 14.8 Å². The van der Waals surface area contributed by atoms with E-state index in [2.05, 4.69) is 31.8 Å². The molecule has 0 aliphatic carbocycles. The molecule has 0 atom stereocenters. The van der Waals surface area contributed by atoms with E-state index in [0.29, 0.717) is 17.2 Å². The third-order valence-electron chi connectivity index (χ3n) is 2.36. The van der Waals surface area contributed by atoms with Crippen LogP contribution in [-0.2, 0) is 6.54 Å². The van der Waals surface area contributed by atoms with E-state index in [0.717, 1.165) is 10.2 Å². The van der Waals surface area contributed by atoms with Gasteiger partial charge >= 0.3 is 0 Å². The predicted octanol–water partition coefficient (Wildman–Crippen LogP) is 2.75. The van der Waals surface area contributed by atoms with E-state index in [9.17, 15) is 5.11 Å². The zero-order valence-electron chi connectivity index (χ0n) is 10.3. The predicted molar refractivity (Wildman–Crippen MR) is 84.7 cm³/mol. The molecule has 1 aromatic carbocycles. The summed E-state index contributed by atoms with van der Waals surface area (Å²) < 4.78 is 6.02. The third kappa shape index (κ3) is 4.36. The number of phenols is 1. The number of furan rings is 1. The van der Waals surface area contributed by atoms with Gasteiger partial charge in [0.1, 0.15) is 11.5 Å². The molecular weight excluding hydrogens is 342 g/mol. The lowest BCUT2D eigenvalue weighted by Crippen LogP contribution is -2.31. The molecule has 104 valence electrons. The molecule has 0 saturated carbocycles. The van der Waals surface area contributed by atoms with Crippen molar-refractivity contribution in [3.05, 3.63) is 52.4 Å². The average Bonchev–Trinajstić information content (AvgIpc) is 2.93. The Morgan fingerprint density at radius 2 is 2.30 bits per heavy atom. The lowest BCUT2D eigenvalue weighted by molar-refractivity contribution is 0.474. The van der Waals surface area contributed by atoms with Gasteiger partial charge in [0.25, 0.3) is 0 Å². The Bertz CT molecular complexity index is 614. The zero-order chi connectivity index (χ0) is 14.4. The molecule has 7 heteroatoms. The van der Waals surface area contributed by atoms with Crippen molar-refractivity contribution in [1.82, 2.24) is 10.7 Å². The maximum atomic E-state index is 9.63. The molecule has 20 heavy (non-hydrogen) atoms. The van der Waals surface area contributed by atoms with Crippen molar-refractivity contribution in [2.24, 2.45) is 5.10 Å². The summed E-state index contributed by atoms with van der Waals surface area (Å²) in [6, 6.07) is 8.73. The molecule has 0 radical (unpaired) electrons. The molecule has 0 aliphatic rings. The Kier molecular flexibility index (Phi) is 5.14. The van der Waals surface area contributed by atoms with E-state index in [-0.39, 0.29) is 5.75 Å². The highest BCUT2D eigenvalue weighted by Gasteiger charge is 1.99. The first-order valence-electron chi connectivity index (χ1n) is 5.73. The molecule has 1 heterocycles. The number of nitrogens with zero attached hydrogens (tertiary/aromatic N) is 1. The van der Waals surface area contributed by atoms with Crippen molar-refractivity contribution in [2.75, 3.05) is 0 Å². The minimum absolute atomic E-state index is 0.146. The third-order valence-corrected chi connectivity index (χ3v) is 3.09. The number of rotatable bonds is 4. The number of nitrogens with one attached hydrogen (secondary N) is 2. The van der Waals surface area contributed by atoms with Crippen LogP contribution in [0.15, 0.2) is 50.6 Å². The topological polar surface area (TPSA) is 69.8 Å². The first-order chi connectivity index (χ1) is 9.65. The van der Waals surface area contributed by atoms with Crippen LogP contribution in [0.4, 0.5) is 0 Å². The van der Waals surface area contributed by atoms with Crippen LogP contribution in [0, 0.1) is 0 Å². The Labute approximate surface area is 129 Å². The van der Waals surface area contributed by atoms with Crippen LogP contribution >= 0.6 is 28.1 Å². The van der Waals surface area contributed by atoms with Gasteiger partial charge in [0.05, 0.1) is 19.0 Å². The molecule has 0 aliphatic heterocycles. The standard InChI is InChI=1S/C13H12BrN3O2S/c14-10-3-4-12(18)9(6-10)7-16-17-13(20)15-8-11-2-1-5-19-11/h1-7,18H,8H2,(H2,15,17,20)/b16-7+. The summed E-state index contributed by atoms with van der Waals surface area (Å²) in [7, 11) is 0. The first kappa shape index (κ1) is 14.5. The van der Waals surface area contributed by atoms with Crippen LogP contribution in [0.1, 0.15) is 11.3 Å². The maximum absolute atomic E-state index is 9.63. The fourth-order valence-electron chi connectivity index (χ4n) is 1.41. The molecule has 0 fully saturated rings. The van der Waals surface area contributed by atoms with E-state index in [4.69, 9.17) is 16.6 Å². The molecule has 2 aromatic rings. The molecule has 0 bridgehead atoms. The number of phenolic OH excluding ortho intramolecular Hbond substituents is 1. The molecule has 0 saturated heterocycles.